The SMILES string of the molecule is Cn1ncc2c1NC=NC2N. The summed E-state index contributed by atoms with van der Waals surface area (Å²) in [6.07, 6.45) is 3.05. The molecule has 2 rings (SSSR count). The van der Waals surface area contributed by atoms with Crippen LogP contribution in [0.2, 0.25) is 0 Å². The Labute approximate surface area is 63.9 Å². The van der Waals surface area contributed by atoms with E-state index in [-0.39, 0.29) is 6.17 Å². The number of aliphatic imine (C=N–C) groups is 1. The van der Waals surface area contributed by atoms with E-state index in [0.717, 1.165) is 11.4 Å². The molecular formula is C6H9N5. The van der Waals surface area contributed by atoms with Crippen molar-refractivity contribution in [2.75, 3.05) is 5.32 Å². The fourth-order valence-electron chi connectivity index (χ4n) is 1.11. The molecule has 1 unspecified atom stereocenters. The standard InChI is InChI=1S/C6H9N5/c1-11-6-4(2-10-11)5(7)8-3-9-6/h2-3,5H,7H2,1H3,(H,8,9). The number of anilines is 1. The number of rotatable bonds is 0. The number of hydrogen-bond donors (Lipinski definition) is 2. The molecule has 0 bridgehead atoms. The summed E-state index contributed by atoms with van der Waals surface area (Å²) in [5.74, 6) is 0.924. The van der Waals surface area contributed by atoms with Crippen LogP contribution in [0.4, 0.5) is 5.82 Å². The maximum atomic E-state index is 5.67. The first-order valence-electron chi connectivity index (χ1n) is 3.34. The van der Waals surface area contributed by atoms with E-state index in [1.54, 1.807) is 17.2 Å². The molecule has 5 heteroatoms. The number of aryl methyl sites for hydroxylation is 1. The van der Waals surface area contributed by atoms with Gasteiger partial charge in [0, 0.05) is 7.05 Å². The third-order valence-corrected chi connectivity index (χ3v) is 1.72. The smallest absolute Gasteiger partial charge is 0.135 e. The van der Waals surface area contributed by atoms with E-state index in [0.29, 0.717) is 0 Å². The predicted octanol–water partition coefficient (Wildman–Crippen LogP) is -0.169. The van der Waals surface area contributed by atoms with Gasteiger partial charge in [0.05, 0.1) is 18.1 Å². The summed E-state index contributed by atoms with van der Waals surface area (Å²) >= 11 is 0. The van der Waals surface area contributed by atoms with Gasteiger partial charge in [-0.25, -0.2) is 0 Å². The van der Waals surface area contributed by atoms with Crippen molar-refractivity contribution >= 4 is 12.2 Å². The highest BCUT2D eigenvalue weighted by atomic mass is 15.3. The van der Waals surface area contributed by atoms with E-state index in [9.17, 15) is 0 Å². The van der Waals surface area contributed by atoms with Gasteiger partial charge < -0.3 is 11.1 Å². The third kappa shape index (κ3) is 0.813. The molecule has 0 aliphatic carbocycles. The molecule has 1 aromatic rings. The molecule has 1 atom stereocenters. The van der Waals surface area contributed by atoms with Crippen LogP contribution >= 0.6 is 0 Å². The number of aromatic nitrogens is 2. The highest BCUT2D eigenvalue weighted by Crippen LogP contribution is 2.23. The molecule has 0 amide bonds. The largest absolute Gasteiger partial charge is 0.331 e. The van der Waals surface area contributed by atoms with Gasteiger partial charge in [-0.3, -0.25) is 9.67 Å². The molecule has 1 aliphatic heterocycles. The molecule has 11 heavy (non-hydrogen) atoms. The van der Waals surface area contributed by atoms with Crippen molar-refractivity contribution in [2.24, 2.45) is 17.8 Å². The average molecular weight is 151 g/mol. The summed E-state index contributed by atoms with van der Waals surface area (Å²) in [6.45, 7) is 0. The lowest BCUT2D eigenvalue weighted by Crippen LogP contribution is -2.16. The van der Waals surface area contributed by atoms with Crippen molar-refractivity contribution in [3.05, 3.63) is 11.8 Å². The first-order valence-corrected chi connectivity index (χ1v) is 3.34. The summed E-state index contributed by atoms with van der Waals surface area (Å²) in [5.41, 5.74) is 6.61. The molecule has 2 heterocycles. The second-order valence-electron chi connectivity index (χ2n) is 2.44. The van der Waals surface area contributed by atoms with Crippen molar-refractivity contribution in [2.45, 2.75) is 6.17 Å². The fraction of sp³-hybridized carbons (Fsp3) is 0.333. The van der Waals surface area contributed by atoms with Gasteiger partial charge in [0.25, 0.3) is 0 Å². The van der Waals surface area contributed by atoms with Crippen LogP contribution in [0.3, 0.4) is 0 Å². The Bertz CT molecular complexity index is 300. The molecule has 0 saturated carbocycles. The van der Waals surface area contributed by atoms with Crippen LogP contribution in [0.5, 0.6) is 0 Å². The van der Waals surface area contributed by atoms with Gasteiger partial charge in [-0.1, -0.05) is 0 Å². The normalized spacial score (nSPS) is 21.1. The molecule has 1 aromatic heterocycles. The van der Waals surface area contributed by atoms with Crippen molar-refractivity contribution in [1.29, 1.82) is 0 Å². The van der Waals surface area contributed by atoms with E-state index in [1.807, 2.05) is 7.05 Å². The molecule has 0 spiro atoms. The summed E-state index contributed by atoms with van der Waals surface area (Å²) in [5, 5.41) is 7.01. The number of nitrogens with one attached hydrogen (secondary N) is 1. The van der Waals surface area contributed by atoms with Crippen LogP contribution in [0, 0.1) is 0 Å². The van der Waals surface area contributed by atoms with Crippen LogP contribution < -0.4 is 11.1 Å². The number of nitrogens with two attached hydrogens (primary N) is 1. The lowest BCUT2D eigenvalue weighted by atomic mass is 10.2. The third-order valence-electron chi connectivity index (χ3n) is 1.72. The lowest BCUT2D eigenvalue weighted by Gasteiger charge is -2.13. The molecule has 0 saturated heterocycles. The van der Waals surface area contributed by atoms with Crippen LogP contribution in [-0.2, 0) is 7.05 Å². The molecule has 0 fully saturated rings. The van der Waals surface area contributed by atoms with Gasteiger partial charge in [-0.15, -0.1) is 0 Å². The number of fused-ring (bicyclic) bond motifs is 1. The Morgan fingerprint density at radius 2 is 2.55 bits per heavy atom. The van der Waals surface area contributed by atoms with Crippen molar-refractivity contribution in [3.63, 3.8) is 0 Å². The first kappa shape index (κ1) is 6.36. The monoisotopic (exact) mass is 151 g/mol. The molecular weight excluding hydrogens is 142 g/mol. The minimum atomic E-state index is -0.264. The summed E-state index contributed by atoms with van der Waals surface area (Å²) in [7, 11) is 1.86. The zero-order chi connectivity index (χ0) is 7.84. The van der Waals surface area contributed by atoms with Gasteiger partial charge in [0.1, 0.15) is 12.0 Å². The molecule has 1 aliphatic rings. The maximum absolute atomic E-state index is 5.67. The lowest BCUT2D eigenvalue weighted by molar-refractivity contribution is 0.757. The fourth-order valence-corrected chi connectivity index (χ4v) is 1.11. The number of hydrogen-bond acceptors (Lipinski definition) is 4. The Morgan fingerprint density at radius 1 is 1.73 bits per heavy atom. The van der Waals surface area contributed by atoms with E-state index in [2.05, 4.69) is 15.4 Å². The van der Waals surface area contributed by atoms with E-state index >= 15 is 0 Å². The van der Waals surface area contributed by atoms with Gasteiger partial charge >= 0.3 is 0 Å². The second kappa shape index (κ2) is 2.06. The summed E-state index contributed by atoms with van der Waals surface area (Å²) in [4.78, 5) is 3.97. The number of nitrogens with zero attached hydrogens (tertiary/aromatic N) is 3. The van der Waals surface area contributed by atoms with Crippen LogP contribution in [0.25, 0.3) is 0 Å². The topological polar surface area (TPSA) is 68.2 Å². The Morgan fingerprint density at radius 3 is 3.27 bits per heavy atom. The van der Waals surface area contributed by atoms with Crippen LogP contribution in [-0.4, -0.2) is 16.1 Å². The highest BCUT2D eigenvalue weighted by molar-refractivity contribution is 5.78. The van der Waals surface area contributed by atoms with Crippen molar-refractivity contribution in [1.82, 2.24) is 9.78 Å². The van der Waals surface area contributed by atoms with Crippen molar-refractivity contribution in [3.8, 4) is 0 Å². The summed E-state index contributed by atoms with van der Waals surface area (Å²) < 4.78 is 1.74. The van der Waals surface area contributed by atoms with Crippen LogP contribution in [0.1, 0.15) is 11.7 Å². The molecule has 0 radical (unpaired) electrons. The van der Waals surface area contributed by atoms with Gasteiger partial charge in [-0.05, 0) is 0 Å². The van der Waals surface area contributed by atoms with Crippen molar-refractivity contribution < 1.29 is 0 Å². The highest BCUT2D eigenvalue weighted by Gasteiger charge is 2.16. The average Bonchev–Trinajstić information content (AvgIpc) is 2.35. The maximum Gasteiger partial charge on any atom is 0.135 e. The summed E-state index contributed by atoms with van der Waals surface area (Å²) in [6, 6.07) is 0. The van der Waals surface area contributed by atoms with Crippen LogP contribution in [0.15, 0.2) is 11.2 Å². The second-order valence-corrected chi connectivity index (χ2v) is 2.44. The van der Waals surface area contributed by atoms with Gasteiger partial charge in [-0.2, -0.15) is 5.10 Å². The van der Waals surface area contributed by atoms with E-state index in [4.69, 9.17) is 5.73 Å². The quantitative estimate of drug-likeness (QED) is 0.541. The molecule has 58 valence electrons. The zero-order valence-electron chi connectivity index (χ0n) is 6.15. The molecule has 3 N–H and O–H groups in total. The van der Waals surface area contributed by atoms with E-state index < -0.39 is 0 Å². The predicted molar refractivity (Wildman–Crippen MR) is 42.3 cm³/mol. The Balaban J connectivity index is 2.52. The Hall–Kier alpha value is -1.36. The van der Waals surface area contributed by atoms with Gasteiger partial charge in [0.2, 0.25) is 0 Å². The zero-order valence-corrected chi connectivity index (χ0v) is 6.15. The molecule has 0 aromatic carbocycles. The van der Waals surface area contributed by atoms with Gasteiger partial charge in [0.15, 0.2) is 0 Å². The molecule has 5 nitrogen and oxygen atoms in total. The minimum Gasteiger partial charge on any atom is -0.331 e. The Kier molecular flexibility index (Phi) is 1.19. The first-order chi connectivity index (χ1) is 5.29. The van der Waals surface area contributed by atoms with E-state index in [1.165, 1.54) is 0 Å². The minimum absolute atomic E-state index is 0.264.